The lowest BCUT2D eigenvalue weighted by Gasteiger charge is -2.34. The van der Waals surface area contributed by atoms with E-state index in [-0.39, 0.29) is 17.6 Å². The number of fused-ring (bicyclic) bond motifs is 1. The van der Waals surface area contributed by atoms with E-state index in [4.69, 9.17) is 16.7 Å². The molecule has 0 atom stereocenters. The van der Waals surface area contributed by atoms with Gasteiger partial charge >= 0.3 is 0 Å². The van der Waals surface area contributed by atoms with Gasteiger partial charge in [-0.2, -0.15) is 5.10 Å². The lowest BCUT2D eigenvalue weighted by Crippen LogP contribution is -2.50. The fourth-order valence-corrected chi connectivity index (χ4v) is 4.95. The molecule has 176 valence electrons. The number of hydrogen-bond acceptors (Lipinski definition) is 4. The third-order valence-electron chi connectivity index (χ3n) is 6.65. The molecule has 1 fully saturated rings. The molecule has 3 aromatic rings. The number of halogens is 1. The van der Waals surface area contributed by atoms with Crippen molar-refractivity contribution in [1.82, 2.24) is 19.6 Å². The van der Waals surface area contributed by atoms with Crippen LogP contribution in [0.4, 0.5) is 0 Å². The van der Waals surface area contributed by atoms with Crippen LogP contribution in [0.1, 0.15) is 51.4 Å². The molecule has 8 heteroatoms. The Morgan fingerprint density at radius 1 is 0.853 bits per heavy atom. The molecular formula is C26H27ClN4O3. The van der Waals surface area contributed by atoms with Gasteiger partial charge in [-0.1, -0.05) is 24.1 Å². The van der Waals surface area contributed by atoms with Crippen molar-refractivity contribution in [3.8, 4) is 11.4 Å². The van der Waals surface area contributed by atoms with Crippen molar-refractivity contribution < 1.29 is 14.7 Å². The highest BCUT2D eigenvalue weighted by molar-refractivity contribution is 6.30. The van der Waals surface area contributed by atoms with E-state index in [0.717, 1.165) is 49.0 Å². The Morgan fingerprint density at radius 3 is 2.24 bits per heavy atom. The predicted octanol–water partition coefficient (Wildman–Crippen LogP) is 4.10. The number of carbonyl (C=O) groups excluding carboxylic acids is 2. The van der Waals surface area contributed by atoms with Crippen molar-refractivity contribution in [3.63, 3.8) is 0 Å². The SMILES string of the molecule is O=C(c1cccc(O)c1)N1CCN(C(=O)c2nn(-c3ccc(Cl)cc3)c3c2CCCCC3)CC1. The fraction of sp³-hybridized carbons (Fsp3) is 0.346. The van der Waals surface area contributed by atoms with Crippen LogP contribution in [0.25, 0.3) is 5.69 Å². The Hall–Kier alpha value is -3.32. The summed E-state index contributed by atoms with van der Waals surface area (Å²) in [6, 6.07) is 13.9. The average molecular weight is 479 g/mol. The number of phenolic OH excluding ortho intramolecular Hbond substituents is 1. The molecule has 0 bridgehead atoms. The molecule has 1 saturated heterocycles. The van der Waals surface area contributed by atoms with Gasteiger partial charge in [0, 0.05) is 48.0 Å². The molecular weight excluding hydrogens is 452 g/mol. The number of aromatic hydroxyl groups is 1. The Labute approximate surface area is 203 Å². The van der Waals surface area contributed by atoms with Crippen molar-refractivity contribution in [2.75, 3.05) is 26.2 Å². The minimum absolute atomic E-state index is 0.0663. The zero-order valence-electron chi connectivity index (χ0n) is 18.9. The second kappa shape index (κ2) is 9.50. The molecule has 1 aliphatic carbocycles. The fourth-order valence-electron chi connectivity index (χ4n) is 4.83. The number of rotatable bonds is 3. The summed E-state index contributed by atoms with van der Waals surface area (Å²) in [5, 5.41) is 15.1. The van der Waals surface area contributed by atoms with E-state index in [1.165, 1.54) is 6.07 Å². The zero-order chi connectivity index (χ0) is 23.7. The molecule has 0 spiro atoms. The average Bonchev–Trinajstić information content (AvgIpc) is 3.04. The normalized spacial score (nSPS) is 16.1. The third-order valence-corrected chi connectivity index (χ3v) is 6.90. The van der Waals surface area contributed by atoms with Gasteiger partial charge in [0.1, 0.15) is 5.75 Å². The summed E-state index contributed by atoms with van der Waals surface area (Å²) in [5.41, 5.74) is 4.05. The predicted molar refractivity (Wildman–Crippen MR) is 130 cm³/mol. The van der Waals surface area contributed by atoms with Crippen LogP contribution in [0.5, 0.6) is 5.75 Å². The van der Waals surface area contributed by atoms with E-state index >= 15 is 0 Å². The second-order valence-electron chi connectivity index (χ2n) is 8.86. The molecule has 0 saturated carbocycles. The molecule has 2 heterocycles. The first-order chi connectivity index (χ1) is 16.5. The molecule has 2 amide bonds. The van der Waals surface area contributed by atoms with E-state index < -0.39 is 0 Å². The van der Waals surface area contributed by atoms with Crippen molar-refractivity contribution in [3.05, 3.63) is 76.1 Å². The summed E-state index contributed by atoms with van der Waals surface area (Å²) in [6.07, 6.45) is 5.00. The topological polar surface area (TPSA) is 78.7 Å². The molecule has 2 aliphatic rings. The van der Waals surface area contributed by atoms with Crippen molar-refractivity contribution >= 4 is 23.4 Å². The van der Waals surface area contributed by atoms with Gasteiger partial charge < -0.3 is 14.9 Å². The van der Waals surface area contributed by atoms with Crippen molar-refractivity contribution in [2.45, 2.75) is 32.1 Å². The third kappa shape index (κ3) is 4.40. The highest BCUT2D eigenvalue weighted by Gasteiger charge is 2.31. The van der Waals surface area contributed by atoms with Crippen LogP contribution in [0, 0.1) is 0 Å². The van der Waals surface area contributed by atoms with Crippen LogP contribution in [0.2, 0.25) is 5.02 Å². The maximum Gasteiger partial charge on any atom is 0.274 e. The van der Waals surface area contributed by atoms with Crippen LogP contribution >= 0.6 is 11.6 Å². The van der Waals surface area contributed by atoms with Crippen molar-refractivity contribution in [2.24, 2.45) is 0 Å². The Kier molecular flexibility index (Phi) is 6.28. The number of amides is 2. The summed E-state index contributed by atoms with van der Waals surface area (Å²) in [6.45, 7) is 1.79. The van der Waals surface area contributed by atoms with Gasteiger partial charge in [-0.05, 0) is 68.1 Å². The maximum absolute atomic E-state index is 13.6. The first kappa shape index (κ1) is 22.5. The minimum Gasteiger partial charge on any atom is -0.508 e. The van der Waals surface area contributed by atoms with E-state index in [1.54, 1.807) is 28.0 Å². The summed E-state index contributed by atoms with van der Waals surface area (Å²) < 4.78 is 1.91. The number of hydrogen-bond donors (Lipinski definition) is 1. The van der Waals surface area contributed by atoms with Gasteiger partial charge in [0.2, 0.25) is 0 Å². The smallest absolute Gasteiger partial charge is 0.274 e. The number of aromatic nitrogens is 2. The molecule has 34 heavy (non-hydrogen) atoms. The number of nitrogens with zero attached hydrogens (tertiary/aromatic N) is 4. The quantitative estimate of drug-likeness (QED) is 0.575. The summed E-state index contributed by atoms with van der Waals surface area (Å²) in [7, 11) is 0. The monoisotopic (exact) mass is 478 g/mol. The van der Waals surface area contributed by atoms with Crippen LogP contribution in [0.15, 0.2) is 48.5 Å². The van der Waals surface area contributed by atoms with Gasteiger partial charge in [-0.15, -0.1) is 0 Å². The molecule has 1 aliphatic heterocycles. The number of phenols is 1. The van der Waals surface area contributed by atoms with E-state index in [9.17, 15) is 14.7 Å². The standard InChI is InChI=1S/C26H27ClN4O3/c27-19-9-11-20(12-10-19)31-23-8-3-1-2-7-22(23)24(28-31)26(34)30-15-13-29(14-16-30)25(33)18-5-4-6-21(32)17-18/h4-6,9-12,17,32H,1-3,7-8,13-16H2. The van der Waals surface area contributed by atoms with Crippen LogP contribution < -0.4 is 0 Å². The van der Waals surface area contributed by atoms with E-state index in [0.29, 0.717) is 42.5 Å². The molecule has 0 unspecified atom stereocenters. The highest BCUT2D eigenvalue weighted by Crippen LogP contribution is 2.28. The lowest BCUT2D eigenvalue weighted by molar-refractivity contribution is 0.0531. The molecule has 2 aromatic carbocycles. The lowest BCUT2D eigenvalue weighted by atomic mass is 10.1. The molecule has 7 nitrogen and oxygen atoms in total. The van der Waals surface area contributed by atoms with Gasteiger partial charge in [0.05, 0.1) is 5.69 Å². The Balaban J connectivity index is 1.36. The summed E-state index contributed by atoms with van der Waals surface area (Å²) in [4.78, 5) is 29.9. The first-order valence-corrected chi connectivity index (χ1v) is 12.1. The van der Waals surface area contributed by atoms with Gasteiger partial charge in [-0.3, -0.25) is 9.59 Å². The van der Waals surface area contributed by atoms with Crippen molar-refractivity contribution in [1.29, 1.82) is 0 Å². The number of piperazine rings is 1. The molecule has 5 rings (SSSR count). The largest absolute Gasteiger partial charge is 0.508 e. The molecule has 1 N–H and O–H groups in total. The highest BCUT2D eigenvalue weighted by atomic mass is 35.5. The molecule has 1 aromatic heterocycles. The zero-order valence-corrected chi connectivity index (χ0v) is 19.7. The van der Waals surface area contributed by atoms with E-state index in [2.05, 4.69) is 0 Å². The first-order valence-electron chi connectivity index (χ1n) is 11.8. The van der Waals surface area contributed by atoms with Crippen LogP contribution in [0.3, 0.4) is 0 Å². The number of carbonyl (C=O) groups is 2. The number of benzene rings is 2. The van der Waals surface area contributed by atoms with E-state index in [1.807, 2.05) is 28.9 Å². The minimum atomic E-state index is -0.135. The van der Waals surface area contributed by atoms with Crippen LogP contribution in [-0.4, -0.2) is 62.7 Å². The second-order valence-corrected chi connectivity index (χ2v) is 9.29. The van der Waals surface area contributed by atoms with Gasteiger partial charge in [0.15, 0.2) is 5.69 Å². The van der Waals surface area contributed by atoms with Gasteiger partial charge in [-0.25, -0.2) is 4.68 Å². The Morgan fingerprint density at radius 2 is 1.53 bits per heavy atom. The van der Waals surface area contributed by atoms with Gasteiger partial charge in [0.25, 0.3) is 11.8 Å². The summed E-state index contributed by atoms with van der Waals surface area (Å²) >= 11 is 6.08. The Bertz CT molecular complexity index is 1210. The molecule has 0 radical (unpaired) electrons. The maximum atomic E-state index is 13.6. The van der Waals surface area contributed by atoms with Crippen LogP contribution in [-0.2, 0) is 12.8 Å². The summed E-state index contributed by atoms with van der Waals surface area (Å²) in [5.74, 6) is -0.143.